The summed E-state index contributed by atoms with van der Waals surface area (Å²) in [7, 11) is 0. The van der Waals surface area contributed by atoms with E-state index in [0.29, 0.717) is 6.61 Å². The number of halogens is 1. The van der Waals surface area contributed by atoms with Crippen LogP contribution < -0.4 is 4.72 Å². The highest BCUT2D eigenvalue weighted by Gasteiger charge is 2.43. The zero-order valence-corrected chi connectivity index (χ0v) is 21.4. The van der Waals surface area contributed by atoms with Crippen molar-refractivity contribution >= 4 is 45.8 Å². The highest BCUT2D eigenvalue weighted by Crippen LogP contribution is 2.43. The summed E-state index contributed by atoms with van der Waals surface area (Å²) in [5.41, 5.74) is 3.66. The fourth-order valence-electron chi connectivity index (χ4n) is 4.58. The fraction of sp³-hybridized carbons (Fsp3) is 0.346. The number of nitrogens with one attached hydrogen (secondary N) is 1. The molecule has 4 nitrogen and oxygen atoms in total. The SMILES string of the molecule is CC1(C)OCC(C)(c2ccnc(-c3cccc4cc(C(NS)C5=C(Cl)CCC=C5)sc34)c2)O1. The van der Waals surface area contributed by atoms with Crippen LogP contribution in [-0.2, 0) is 15.1 Å². The Morgan fingerprint density at radius 1 is 1.21 bits per heavy atom. The first-order valence-corrected chi connectivity index (χ1v) is 12.7. The van der Waals surface area contributed by atoms with Gasteiger partial charge >= 0.3 is 0 Å². The van der Waals surface area contributed by atoms with Crippen LogP contribution in [0.15, 0.2) is 65.4 Å². The van der Waals surface area contributed by atoms with E-state index in [4.69, 9.17) is 26.1 Å². The average molecular weight is 499 g/mol. The topological polar surface area (TPSA) is 43.4 Å². The fourth-order valence-corrected chi connectivity index (χ4v) is 6.48. The van der Waals surface area contributed by atoms with Crippen molar-refractivity contribution in [2.45, 2.75) is 51.0 Å². The molecule has 5 rings (SSSR count). The van der Waals surface area contributed by atoms with Gasteiger partial charge in [0.2, 0.25) is 0 Å². The van der Waals surface area contributed by atoms with Gasteiger partial charge in [0.25, 0.3) is 0 Å². The van der Waals surface area contributed by atoms with E-state index >= 15 is 0 Å². The molecule has 3 aromatic rings. The maximum Gasteiger partial charge on any atom is 0.164 e. The number of hydrogen-bond acceptors (Lipinski definition) is 6. The average Bonchev–Trinajstić information content (AvgIpc) is 3.36. The smallest absolute Gasteiger partial charge is 0.164 e. The number of allylic oxidation sites excluding steroid dienone is 2. The third kappa shape index (κ3) is 4.41. The minimum atomic E-state index is -0.598. The number of pyridine rings is 1. The van der Waals surface area contributed by atoms with Gasteiger partial charge < -0.3 is 9.47 Å². The molecule has 1 fully saturated rings. The van der Waals surface area contributed by atoms with E-state index < -0.39 is 11.4 Å². The van der Waals surface area contributed by atoms with E-state index in [2.05, 4.69) is 66.9 Å². The molecule has 0 saturated carbocycles. The number of thiophene rings is 1. The van der Waals surface area contributed by atoms with Crippen molar-refractivity contribution in [3.8, 4) is 11.3 Å². The number of ether oxygens (including phenoxy) is 2. The Bertz CT molecular complexity index is 1270. The first-order valence-electron chi connectivity index (χ1n) is 11.1. The van der Waals surface area contributed by atoms with E-state index in [1.54, 1.807) is 11.3 Å². The minimum absolute atomic E-state index is 0.0629. The zero-order chi connectivity index (χ0) is 23.2. The molecule has 1 aliphatic heterocycles. The summed E-state index contributed by atoms with van der Waals surface area (Å²) in [6.45, 7) is 6.48. The Morgan fingerprint density at radius 3 is 2.79 bits per heavy atom. The Morgan fingerprint density at radius 2 is 2.06 bits per heavy atom. The maximum atomic E-state index is 6.57. The van der Waals surface area contributed by atoms with Crippen LogP contribution in [0.2, 0.25) is 0 Å². The second-order valence-electron chi connectivity index (χ2n) is 9.19. The number of thiol groups is 1. The van der Waals surface area contributed by atoms with Crippen molar-refractivity contribution in [1.82, 2.24) is 9.71 Å². The second kappa shape index (κ2) is 8.84. The van der Waals surface area contributed by atoms with E-state index in [1.165, 1.54) is 15.0 Å². The van der Waals surface area contributed by atoms with Gasteiger partial charge in [-0.25, -0.2) is 0 Å². The van der Waals surface area contributed by atoms with Crippen LogP contribution in [0.5, 0.6) is 0 Å². The van der Waals surface area contributed by atoms with Crippen molar-refractivity contribution in [3.05, 3.63) is 75.8 Å². The summed E-state index contributed by atoms with van der Waals surface area (Å²) >= 11 is 12.8. The third-order valence-corrected chi connectivity index (χ3v) is 8.16. The first kappa shape index (κ1) is 23.1. The van der Waals surface area contributed by atoms with Gasteiger partial charge in [0, 0.05) is 26.4 Å². The molecular weight excluding hydrogens is 472 g/mol. The lowest BCUT2D eigenvalue weighted by Crippen LogP contribution is -2.28. The molecule has 172 valence electrons. The van der Waals surface area contributed by atoms with Crippen molar-refractivity contribution in [2.24, 2.45) is 0 Å². The molecule has 1 aromatic carbocycles. The summed E-state index contributed by atoms with van der Waals surface area (Å²) in [6.07, 6.45) is 7.98. The van der Waals surface area contributed by atoms with Crippen LogP contribution in [0.4, 0.5) is 0 Å². The molecule has 1 saturated heterocycles. The lowest BCUT2D eigenvalue weighted by Gasteiger charge is -2.25. The van der Waals surface area contributed by atoms with Crippen LogP contribution in [0.1, 0.15) is 50.1 Å². The molecule has 1 N–H and O–H groups in total. The van der Waals surface area contributed by atoms with Crippen molar-refractivity contribution in [1.29, 1.82) is 0 Å². The molecule has 1 aliphatic carbocycles. The van der Waals surface area contributed by atoms with Gasteiger partial charge in [-0.15, -0.1) is 11.3 Å². The summed E-state index contributed by atoms with van der Waals surface area (Å²) in [5.74, 6) is -0.598. The standard InChI is InChI=1S/C26H27ClN2O2S2/c1-25(2)30-15-26(3,31-25)17-11-12-28-21(14-17)19-9-6-7-16-13-22(33-24(16)19)23(29-32)18-8-4-5-10-20(18)27/h4,6-9,11-14,23,29,32H,5,10,15H2,1-3H3. The Hall–Kier alpha value is -1.67. The van der Waals surface area contributed by atoms with Crippen molar-refractivity contribution < 1.29 is 9.47 Å². The van der Waals surface area contributed by atoms with Crippen LogP contribution >= 0.6 is 35.8 Å². The predicted molar refractivity (Wildman–Crippen MR) is 140 cm³/mol. The molecule has 2 aliphatic rings. The first-order chi connectivity index (χ1) is 15.8. The van der Waals surface area contributed by atoms with Gasteiger partial charge in [0.1, 0.15) is 5.60 Å². The van der Waals surface area contributed by atoms with E-state index in [1.807, 2.05) is 26.1 Å². The number of hydrogen-bond donors (Lipinski definition) is 2. The van der Waals surface area contributed by atoms with Crippen LogP contribution in [0, 0.1) is 0 Å². The summed E-state index contributed by atoms with van der Waals surface area (Å²) in [5, 5.41) is 2.07. The van der Waals surface area contributed by atoms with Crippen molar-refractivity contribution in [2.75, 3.05) is 6.61 Å². The molecule has 2 aromatic heterocycles. The molecule has 7 heteroatoms. The van der Waals surface area contributed by atoms with Gasteiger partial charge in [-0.05, 0) is 68.3 Å². The van der Waals surface area contributed by atoms with Gasteiger partial charge in [-0.2, -0.15) is 0 Å². The lowest BCUT2D eigenvalue weighted by molar-refractivity contribution is -0.159. The molecule has 0 amide bonds. The molecule has 0 bridgehead atoms. The van der Waals surface area contributed by atoms with Gasteiger partial charge in [-0.1, -0.05) is 54.8 Å². The summed E-state index contributed by atoms with van der Waals surface area (Å²) < 4.78 is 16.5. The number of rotatable bonds is 5. The number of benzene rings is 1. The highest BCUT2D eigenvalue weighted by atomic mass is 35.5. The predicted octanol–water partition coefficient (Wildman–Crippen LogP) is 7.28. The summed E-state index contributed by atoms with van der Waals surface area (Å²) in [6, 6.07) is 12.6. The van der Waals surface area contributed by atoms with Gasteiger partial charge in [-0.3, -0.25) is 9.71 Å². The number of nitrogens with zero attached hydrogens (tertiary/aromatic N) is 1. The second-order valence-corrected chi connectivity index (χ2v) is 11.0. The number of fused-ring (bicyclic) bond motifs is 1. The number of aromatic nitrogens is 1. The molecular formula is C26H27ClN2O2S2. The van der Waals surface area contributed by atoms with Crippen LogP contribution in [0.25, 0.3) is 21.3 Å². The van der Waals surface area contributed by atoms with E-state index in [0.717, 1.165) is 40.3 Å². The summed E-state index contributed by atoms with van der Waals surface area (Å²) in [4.78, 5) is 5.88. The zero-order valence-electron chi connectivity index (χ0n) is 18.9. The molecule has 3 heterocycles. The molecule has 33 heavy (non-hydrogen) atoms. The van der Waals surface area contributed by atoms with Crippen LogP contribution in [-0.4, -0.2) is 17.4 Å². The van der Waals surface area contributed by atoms with E-state index in [9.17, 15) is 0 Å². The third-order valence-electron chi connectivity index (χ3n) is 6.24. The van der Waals surface area contributed by atoms with E-state index in [-0.39, 0.29) is 6.04 Å². The Kier molecular flexibility index (Phi) is 6.18. The maximum absolute atomic E-state index is 6.57. The van der Waals surface area contributed by atoms with Gasteiger partial charge in [0.15, 0.2) is 5.79 Å². The largest absolute Gasteiger partial charge is 0.347 e. The monoisotopic (exact) mass is 498 g/mol. The Labute approximate surface area is 209 Å². The molecule has 0 spiro atoms. The normalized spacial score (nSPS) is 23.4. The molecule has 2 atom stereocenters. The molecule has 0 radical (unpaired) electrons. The molecule has 2 unspecified atom stereocenters. The highest BCUT2D eigenvalue weighted by molar-refractivity contribution is 7.78. The van der Waals surface area contributed by atoms with Crippen LogP contribution in [0.3, 0.4) is 0 Å². The Balaban J connectivity index is 1.56. The lowest BCUT2D eigenvalue weighted by atomic mass is 9.95. The van der Waals surface area contributed by atoms with Gasteiger partial charge in [0.05, 0.1) is 18.3 Å². The minimum Gasteiger partial charge on any atom is -0.347 e. The van der Waals surface area contributed by atoms with Crippen molar-refractivity contribution in [3.63, 3.8) is 0 Å². The quantitative estimate of drug-likeness (QED) is 0.363.